The Hall–Kier alpha value is -1.53. The maximum absolute atomic E-state index is 12.4. The minimum Gasteiger partial charge on any atom is -0.497 e. The summed E-state index contributed by atoms with van der Waals surface area (Å²) in [4.78, 5) is 12.4. The van der Waals surface area contributed by atoms with Crippen molar-refractivity contribution in [3.63, 3.8) is 0 Å². The number of aliphatic hydroxyl groups is 2. The molecule has 2 rings (SSSR count). The number of carbonyl (C=O) groups is 1. The van der Waals surface area contributed by atoms with Crippen molar-refractivity contribution in [2.45, 2.75) is 116 Å². The largest absolute Gasteiger partial charge is 0.497 e. The number of aliphatic hydroxyl groups excluding tert-OH is 2. The van der Waals surface area contributed by atoms with E-state index in [1.165, 1.54) is 0 Å². The number of ether oxygens (including phenoxy) is 5. The number of carbonyl (C=O) groups excluding carboxylic acids is 1. The molecule has 6 unspecified atom stereocenters. The molecule has 2 N–H and O–H groups in total. The Morgan fingerprint density at radius 1 is 1.05 bits per heavy atom. The van der Waals surface area contributed by atoms with Gasteiger partial charge in [-0.15, -0.1) is 0 Å². The number of methoxy groups -OCH3 is 2. The van der Waals surface area contributed by atoms with Gasteiger partial charge < -0.3 is 38.3 Å². The lowest BCUT2D eigenvalue weighted by atomic mass is 9.92. The Kier molecular flexibility index (Phi) is 13.9. The van der Waals surface area contributed by atoms with Gasteiger partial charge >= 0.3 is 5.97 Å². The second-order valence-corrected chi connectivity index (χ2v) is 18.7. The van der Waals surface area contributed by atoms with E-state index in [1.807, 2.05) is 45.0 Å². The van der Waals surface area contributed by atoms with E-state index in [9.17, 15) is 15.0 Å². The van der Waals surface area contributed by atoms with Crippen LogP contribution < -0.4 is 4.74 Å². The summed E-state index contributed by atoms with van der Waals surface area (Å²) in [6.45, 7) is 17.1. The van der Waals surface area contributed by atoms with Crippen LogP contribution in [0.2, 0.25) is 18.1 Å². The van der Waals surface area contributed by atoms with Crippen LogP contribution in [0.4, 0.5) is 0 Å². The average molecular weight is 613 g/mol. The fourth-order valence-corrected chi connectivity index (χ4v) is 6.21. The summed E-state index contributed by atoms with van der Waals surface area (Å²) < 4.78 is 36.4. The van der Waals surface area contributed by atoms with Crippen LogP contribution in [0.5, 0.6) is 5.75 Å². The molecule has 1 aliphatic rings. The van der Waals surface area contributed by atoms with Crippen molar-refractivity contribution in [1.82, 2.24) is 0 Å². The first kappa shape index (κ1) is 36.7. The van der Waals surface area contributed by atoms with Gasteiger partial charge in [0.15, 0.2) is 8.32 Å². The maximum atomic E-state index is 12.4. The van der Waals surface area contributed by atoms with Gasteiger partial charge in [0.2, 0.25) is 0 Å². The molecule has 0 amide bonds. The molecule has 1 fully saturated rings. The topological polar surface area (TPSA) is 113 Å². The lowest BCUT2D eigenvalue weighted by Gasteiger charge is -2.40. The normalized spacial score (nSPS) is 23.0. The van der Waals surface area contributed by atoms with E-state index in [0.29, 0.717) is 32.5 Å². The summed E-state index contributed by atoms with van der Waals surface area (Å²) in [5.74, 6) is 0.423. The predicted octanol–water partition coefficient (Wildman–Crippen LogP) is 5.11. The van der Waals surface area contributed by atoms with Gasteiger partial charge in [-0.3, -0.25) is 4.79 Å². The third kappa shape index (κ3) is 10.9. The second kappa shape index (κ2) is 16.0. The molecule has 1 aliphatic heterocycles. The van der Waals surface area contributed by atoms with Crippen LogP contribution >= 0.6 is 0 Å². The highest BCUT2D eigenvalue weighted by atomic mass is 28.4. The third-order valence-electron chi connectivity index (χ3n) is 8.38. The lowest BCUT2D eigenvalue weighted by Crippen LogP contribution is -2.46. The van der Waals surface area contributed by atoms with Crippen molar-refractivity contribution in [2.24, 2.45) is 11.3 Å². The first-order valence-corrected chi connectivity index (χ1v) is 18.0. The third-order valence-corrected chi connectivity index (χ3v) is 12.9. The van der Waals surface area contributed by atoms with Crippen molar-refractivity contribution in [1.29, 1.82) is 0 Å². The Bertz CT molecular complexity index is 939. The molecule has 42 heavy (non-hydrogen) atoms. The fourth-order valence-electron chi connectivity index (χ4n) is 4.83. The smallest absolute Gasteiger partial charge is 0.311 e. The Morgan fingerprint density at radius 2 is 1.69 bits per heavy atom. The molecule has 1 aromatic carbocycles. The van der Waals surface area contributed by atoms with Crippen LogP contribution in [-0.4, -0.2) is 89.1 Å². The zero-order valence-electron chi connectivity index (χ0n) is 27.5. The van der Waals surface area contributed by atoms with Gasteiger partial charge in [-0.05, 0) is 56.6 Å². The fraction of sp³-hybridized carbons (Fsp3) is 0.781. The summed E-state index contributed by atoms with van der Waals surface area (Å²) in [7, 11) is 1.13. The van der Waals surface area contributed by atoms with Crippen molar-refractivity contribution in [3.05, 3.63) is 29.8 Å². The minimum atomic E-state index is -2.18. The second-order valence-electron chi connectivity index (χ2n) is 13.9. The van der Waals surface area contributed by atoms with E-state index >= 15 is 0 Å². The zero-order valence-corrected chi connectivity index (χ0v) is 28.5. The number of hydrogen-bond donors (Lipinski definition) is 2. The van der Waals surface area contributed by atoms with Gasteiger partial charge in [0.1, 0.15) is 5.75 Å². The highest BCUT2D eigenvalue weighted by Crippen LogP contribution is 2.40. The molecule has 1 saturated heterocycles. The highest BCUT2D eigenvalue weighted by Gasteiger charge is 2.47. The van der Waals surface area contributed by atoms with E-state index in [4.69, 9.17) is 28.1 Å². The summed E-state index contributed by atoms with van der Waals surface area (Å²) in [5, 5.41) is 19.9. The van der Waals surface area contributed by atoms with Gasteiger partial charge in [0, 0.05) is 32.3 Å². The van der Waals surface area contributed by atoms with Crippen LogP contribution in [0.1, 0.15) is 66.4 Å². The van der Waals surface area contributed by atoms with Crippen LogP contribution in [0, 0.1) is 11.3 Å². The van der Waals surface area contributed by atoms with Crippen molar-refractivity contribution < 1.29 is 43.1 Å². The van der Waals surface area contributed by atoms with Crippen molar-refractivity contribution in [2.75, 3.05) is 34.0 Å². The predicted molar refractivity (Wildman–Crippen MR) is 165 cm³/mol. The van der Waals surface area contributed by atoms with Crippen LogP contribution in [0.15, 0.2) is 24.3 Å². The van der Waals surface area contributed by atoms with E-state index in [2.05, 4.69) is 33.9 Å². The molecule has 0 aliphatic carbocycles. The quantitative estimate of drug-likeness (QED) is 0.194. The number of benzene rings is 1. The summed E-state index contributed by atoms with van der Waals surface area (Å²) >= 11 is 0. The molecule has 9 nitrogen and oxygen atoms in total. The molecular weight excluding hydrogens is 556 g/mol. The van der Waals surface area contributed by atoms with Crippen molar-refractivity contribution >= 4 is 14.3 Å². The standard InChI is InChI=1S/C32H56O9Si/c1-31(2,3)30(35)39-16-15-27-26(21-38-20-22-11-13-24(36-7)14-12-22)29(37-8)28(40-27)18-25(17-23(34)19-33)41-42(9,10)32(4,5)6/h11-14,23,25-29,33-34H,15-21H2,1-10H3. The Labute approximate surface area is 254 Å². The number of hydrogen-bond acceptors (Lipinski definition) is 9. The molecule has 1 aromatic rings. The molecule has 1 heterocycles. The van der Waals surface area contributed by atoms with Gasteiger partial charge in [0.05, 0.1) is 69.5 Å². The molecule has 242 valence electrons. The number of rotatable bonds is 16. The summed E-state index contributed by atoms with van der Waals surface area (Å²) in [6.07, 6.45) is -0.801. The van der Waals surface area contributed by atoms with Crippen LogP contribution in [0.25, 0.3) is 0 Å². The van der Waals surface area contributed by atoms with Gasteiger partial charge in [0.25, 0.3) is 0 Å². The highest BCUT2D eigenvalue weighted by molar-refractivity contribution is 6.74. The van der Waals surface area contributed by atoms with Crippen LogP contribution in [0.3, 0.4) is 0 Å². The average Bonchev–Trinajstić information content (AvgIpc) is 3.22. The first-order valence-electron chi connectivity index (χ1n) is 15.0. The molecule has 0 saturated carbocycles. The summed E-state index contributed by atoms with van der Waals surface area (Å²) in [6, 6.07) is 7.75. The lowest BCUT2D eigenvalue weighted by molar-refractivity contribution is -0.154. The van der Waals surface area contributed by atoms with Gasteiger partial charge in [-0.25, -0.2) is 0 Å². The number of esters is 1. The zero-order chi connectivity index (χ0) is 31.7. The summed E-state index contributed by atoms with van der Waals surface area (Å²) in [5.41, 5.74) is 0.438. The van der Waals surface area contributed by atoms with E-state index in [0.717, 1.165) is 11.3 Å². The molecule has 0 spiro atoms. The molecule has 0 radical (unpaired) electrons. The molecule has 0 aromatic heterocycles. The Morgan fingerprint density at radius 3 is 2.21 bits per heavy atom. The molecule has 6 atom stereocenters. The van der Waals surface area contributed by atoms with Gasteiger partial charge in [-0.2, -0.15) is 0 Å². The van der Waals surface area contributed by atoms with E-state index in [-0.39, 0.29) is 54.6 Å². The maximum Gasteiger partial charge on any atom is 0.311 e. The monoisotopic (exact) mass is 612 g/mol. The van der Waals surface area contributed by atoms with Crippen LogP contribution in [-0.2, 0) is 34.8 Å². The molecule has 0 bridgehead atoms. The van der Waals surface area contributed by atoms with Crippen molar-refractivity contribution in [3.8, 4) is 5.75 Å². The first-order chi connectivity index (χ1) is 19.5. The minimum absolute atomic E-state index is 0.0239. The molecule has 10 heteroatoms. The van der Waals surface area contributed by atoms with Gasteiger partial charge in [-0.1, -0.05) is 32.9 Å². The van der Waals surface area contributed by atoms with E-state index in [1.54, 1.807) is 14.2 Å². The molecular formula is C32H56O9Si. The Balaban J connectivity index is 2.21. The SMILES string of the molecule is COc1ccc(COCC2C(CCOC(=O)C(C)(C)C)OC(CC(CC(O)CO)O[Si](C)(C)C(C)(C)C)C2OC)cc1. The van der Waals surface area contributed by atoms with E-state index < -0.39 is 19.8 Å².